The third-order valence-electron chi connectivity index (χ3n) is 6.72. The second-order valence-electron chi connectivity index (χ2n) is 8.34. The van der Waals surface area contributed by atoms with Crippen molar-refractivity contribution in [3.63, 3.8) is 0 Å². The predicted molar refractivity (Wildman–Crippen MR) is 122 cm³/mol. The smallest absolute Gasteiger partial charge is 0.118 e. The Labute approximate surface area is 179 Å². The van der Waals surface area contributed by atoms with Crippen LogP contribution in [0.15, 0.2) is 102 Å². The average molecular weight is 396 g/mol. The Kier molecular flexibility index (Phi) is 5.06. The van der Waals surface area contributed by atoms with Crippen molar-refractivity contribution in [1.29, 1.82) is 0 Å². The minimum Gasteiger partial charge on any atom is -0.370 e. The lowest BCUT2D eigenvalue weighted by Crippen LogP contribution is -2.48. The highest BCUT2D eigenvalue weighted by atomic mass is 15.3. The molecule has 1 unspecified atom stereocenters. The standard InChI is InChI=1S/C27H29N3/c28-19-21-16-17-25-26(18-21)30(20-29-25)27(22-10-4-1-5-11-22,23-12-6-2-7-13-23)24-14-8-3-9-15-24/h1-15,21,29H,16-20,28H2. The number of hydrogen-bond acceptors (Lipinski definition) is 3. The molecule has 0 aromatic heterocycles. The van der Waals surface area contributed by atoms with Crippen molar-refractivity contribution in [3.05, 3.63) is 119 Å². The van der Waals surface area contributed by atoms with Crippen LogP contribution in [0.3, 0.4) is 0 Å². The van der Waals surface area contributed by atoms with Crippen LogP contribution in [0.5, 0.6) is 0 Å². The molecule has 1 aliphatic carbocycles. The van der Waals surface area contributed by atoms with E-state index in [0.717, 1.165) is 26.1 Å². The van der Waals surface area contributed by atoms with Gasteiger partial charge in [0.1, 0.15) is 5.54 Å². The van der Waals surface area contributed by atoms with Gasteiger partial charge in [0.2, 0.25) is 0 Å². The molecule has 1 atom stereocenters. The monoisotopic (exact) mass is 395 g/mol. The molecular formula is C27H29N3. The zero-order valence-electron chi connectivity index (χ0n) is 17.3. The number of nitrogens with zero attached hydrogens (tertiary/aromatic N) is 1. The van der Waals surface area contributed by atoms with Crippen LogP contribution in [0, 0.1) is 5.92 Å². The number of rotatable bonds is 5. The maximum atomic E-state index is 6.11. The fourth-order valence-corrected chi connectivity index (χ4v) is 5.25. The Bertz CT molecular complexity index is 915. The first-order valence-electron chi connectivity index (χ1n) is 10.9. The summed E-state index contributed by atoms with van der Waals surface area (Å²) in [5.74, 6) is 0.547. The van der Waals surface area contributed by atoms with E-state index in [4.69, 9.17) is 5.73 Å². The maximum absolute atomic E-state index is 6.11. The van der Waals surface area contributed by atoms with Crippen molar-refractivity contribution in [2.75, 3.05) is 13.2 Å². The fourth-order valence-electron chi connectivity index (χ4n) is 5.25. The van der Waals surface area contributed by atoms with Gasteiger partial charge in [-0.25, -0.2) is 0 Å². The lowest BCUT2D eigenvalue weighted by molar-refractivity contribution is 0.207. The van der Waals surface area contributed by atoms with Crippen LogP contribution in [0.4, 0.5) is 0 Å². The molecule has 3 nitrogen and oxygen atoms in total. The van der Waals surface area contributed by atoms with Crippen LogP contribution in [-0.2, 0) is 5.54 Å². The molecule has 3 N–H and O–H groups in total. The molecule has 2 aliphatic rings. The molecule has 0 spiro atoms. The third-order valence-corrected chi connectivity index (χ3v) is 6.72. The number of benzene rings is 3. The second kappa shape index (κ2) is 8.00. The van der Waals surface area contributed by atoms with E-state index >= 15 is 0 Å². The molecule has 0 fully saturated rings. The first-order valence-corrected chi connectivity index (χ1v) is 10.9. The van der Waals surface area contributed by atoms with Crippen LogP contribution in [0.25, 0.3) is 0 Å². The molecule has 0 amide bonds. The van der Waals surface area contributed by atoms with Crippen molar-refractivity contribution >= 4 is 0 Å². The Morgan fingerprint density at radius 3 is 1.77 bits per heavy atom. The SMILES string of the molecule is NCC1CCC2=C(C1)N(C(c1ccccc1)(c1ccccc1)c1ccccc1)CN2. The van der Waals surface area contributed by atoms with Crippen molar-refractivity contribution < 1.29 is 0 Å². The lowest BCUT2D eigenvalue weighted by Gasteiger charge is -2.46. The zero-order valence-corrected chi connectivity index (χ0v) is 17.3. The van der Waals surface area contributed by atoms with E-state index in [1.54, 1.807) is 0 Å². The molecule has 0 saturated heterocycles. The molecule has 3 heteroatoms. The molecule has 30 heavy (non-hydrogen) atoms. The van der Waals surface area contributed by atoms with Crippen LogP contribution in [0.1, 0.15) is 36.0 Å². The van der Waals surface area contributed by atoms with E-state index in [0.29, 0.717) is 5.92 Å². The van der Waals surface area contributed by atoms with Crippen LogP contribution < -0.4 is 11.1 Å². The van der Waals surface area contributed by atoms with E-state index in [9.17, 15) is 0 Å². The minimum atomic E-state index is -0.398. The summed E-state index contributed by atoms with van der Waals surface area (Å²) < 4.78 is 0. The zero-order chi connectivity index (χ0) is 20.4. The summed E-state index contributed by atoms with van der Waals surface area (Å²) in [5, 5.41) is 3.73. The van der Waals surface area contributed by atoms with Crippen LogP contribution >= 0.6 is 0 Å². The predicted octanol–water partition coefficient (Wildman–Crippen LogP) is 4.81. The molecule has 3 aromatic rings. The van der Waals surface area contributed by atoms with Crippen molar-refractivity contribution in [2.45, 2.75) is 24.8 Å². The van der Waals surface area contributed by atoms with Crippen molar-refractivity contribution in [3.8, 4) is 0 Å². The highest BCUT2D eigenvalue weighted by Gasteiger charge is 2.46. The Morgan fingerprint density at radius 1 is 0.800 bits per heavy atom. The third kappa shape index (κ3) is 3.01. The topological polar surface area (TPSA) is 41.3 Å². The minimum absolute atomic E-state index is 0.398. The summed E-state index contributed by atoms with van der Waals surface area (Å²) in [6.45, 7) is 1.56. The van der Waals surface area contributed by atoms with E-state index < -0.39 is 5.54 Å². The number of nitrogens with one attached hydrogen (secondary N) is 1. The Hall–Kier alpha value is -3.04. The summed E-state index contributed by atoms with van der Waals surface area (Å²) in [6, 6.07) is 32.8. The van der Waals surface area contributed by atoms with Crippen LogP contribution in [-0.4, -0.2) is 18.1 Å². The van der Waals surface area contributed by atoms with Gasteiger partial charge >= 0.3 is 0 Å². The summed E-state index contributed by atoms with van der Waals surface area (Å²) >= 11 is 0. The van der Waals surface area contributed by atoms with E-state index in [-0.39, 0.29) is 0 Å². The van der Waals surface area contributed by atoms with E-state index in [2.05, 4.69) is 101 Å². The second-order valence-corrected chi connectivity index (χ2v) is 8.34. The van der Waals surface area contributed by atoms with Crippen molar-refractivity contribution in [2.24, 2.45) is 11.7 Å². The summed E-state index contributed by atoms with van der Waals surface area (Å²) in [4.78, 5) is 2.60. The average Bonchev–Trinajstić information content (AvgIpc) is 3.25. The maximum Gasteiger partial charge on any atom is 0.118 e. The highest BCUT2D eigenvalue weighted by Crippen LogP contribution is 2.48. The van der Waals surface area contributed by atoms with Crippen LogP contribution in [0.2, 0.25) is 0 Å². The highest BCUT2D eigenvalue weighted by molar-refractivity contribution is 5.51. The summed E-state index contributed by atoms with van der Waals surface area (Å²) in [7, 11) is 0. The Morgan fingerprint density at radius 2 is 1.30 bits per heavy atom. The van der Waals surface area contributed by atoms with Gasteiger partial charge in [0.05, 0.1) is 6.67 Å². The number of nitrogens with two attached hydrogens (primary N) is 1. The molecule has 3 aromatic carbocycles. The van der Waals surface area contributed by atoms with Gasteiger partial charge in [-0.05, 0) is 48.4 Å². The largest absolute Gasteiger partial charge is 0.370 e. The molecule has 0 radical (unpaired) electrons. The molecular weight excluding hydrogens is 366 g/mol. The normalized spacial score (nSPS) is 18.8. The van der Waals surface area contributed by atoms with Gasteiger partial charge in [-0.1, -0.05) is 91.0 Å². The van der Waals surface area contributed by atoms with E-state index in [1.807, 2.05) is 0 Å². The Balaban J connectivity index is 1.78. The van der Waals surface area contributed by atoms with Gasteiger partial charge in [-0.3, -0.25) is 0 Å². The summed E-state index contributed by atoms with van der Waals surface area (Å²) in [5.41, 5.74) is 12.4. The number of allylic oxidation sites excluding steroid dienone is 2. The fraction of sp³-hybridized carbons (Fsp3) is 0.259. The molecule has 0 saturated carbocycles. The molecule has 1 aliphatic heterocycles. The van der Waals surface area contributed by atoms with Gasteiger partial charge in [0.15, 0.2) is 0 Å². The summed E-state index contributed by atoms with van der Waals surface area (Å²) in [6.07, 6.45) is 3.29. The first-order chi connectivity index (χ1) is 14.8. The van der Waals surface area contributed by atoms with Gasteiger partial charge in [-0.15, -0.1) is 0 Å². The lowest BCUT2D eigenvalue weighted by atomic mass is 9.74. The van der Waals surface area contributed by atoms with Crippen molar-refractivity contribution in [1.82, 2.24) is 10.2 Å². The molecule has 152 valence electrons. The molecule has 0 bridgehead atoms. The molecule has 5 rings (SSSR count). The molecule has 1 heterocycles. The van der Waals surface area contributed by atoms with Gasteiger partial charge in [0, 0.05) is 11.4 Å². The number of hydrogen-bond donors (Lipinski definition) is 2. The van der Waals surface area contributed by atoms with Gasteiger partial charge in [-0.2, -0.15) is 0 Å². The first kappa shape index (κ1) is 19.0. The van der Waals surface area contributed by atoms with Gasteiger partial charge < -0.3 is 16.0 Å². The van der Waals surface area contributed by atoms with E-state index in [1.165, 1.54) is 34.5 Å². The quantitative estimate of drug-likeness (QED) is 0.609. The van der Waals surface area contributed by atoms with Gasteiger partial charge in [0.25, 0.3) is 0 Å².